The van der Waals surface area contributed by atoms with Crippen LogP contribution in [0.3, 0.4) is 0 Å². The standard InChI is InChI=1S/C22H25F2N5O3/c23-12-1-3-13(4-2-12)28-20(30)22(8-9-22)21(31)29-14-5-6-16(15(24)11-14)32-17-7-10-27-19(26)18(17)25/h1,3-7,10-12,15-16,20,28,30H,2,8-9,25H2,(H2,26,27)(H,29,31). The van der Waals surface area contributed by atoms with Gasteiger partial charge in [-0.3, -0.25) is 4.79 Å². The van der Waals surface area contributed by atoms with E-state index in [1.807, 2.05) is 0 Å². The number of rotatable bonds is 7. The lowest BCUT2D eigenvalue weighted by atomic mass is 10.0. The molecule has 170 valence electrons. The van der Waals surface area contributed by atoms with E-state index in [1.165, 1.54) is 42.6 Å². The number of amides is 1. The van der Waals surface area contributed by atoms with Crippen molar-refractivity contribution in [2.24, 2.45) is 5.41 Å². The minimum Gasteiger partial charge on any atom is -0.481 e. The van der Waals surface area contributed by atoms with Crippen molar-refractivity contribution < 1.29 is 23.4 Å². The highest BCUT2D eigenvalue weighted by atomic mass is 19.1. The number of alkyl halides is 2. The van der Waals surface area contributed by atoms with Crippen molar-refractivity contribution in [1.82, 2.24) is 15.6 Å². The predicted octanol–water partition coefficient (Wildman–Crippen LogP) is 1.77. The highest BCUT2D eigenvalue weighted by Crippen LogP contribution is 2.48. The maximum absolute atomic E-state index is 14.7. The van der Waals surface area contributed by atoms with E-state index in [0.29, 0.717) is 18.5 Å². The number of ether oxygens (including phenoxy) is 1. The summed E-state index contributed by atoms with van der Waals surface area (Å²) in [5, 5.41) is 16.1. The molecule has 8 nitrogen and oxygen atoms in total. The molecule has 3 aliphatic rings. The first kappa shape index (κ1) is 21.8. The molecular formula is C22H25F2N5O3. The predicted molar refractivity (Wildman–Crippen MR) is 115 cm³/mol. The first-order valence-electron chi connectivity index (χ1n) is 10.3. The van der Waals surface area contributed by atoms with Gasteiger partial charge in [0.15, 0.2) is 12.3 Å². The summed E-state index contributed by atoms with van der Waals surface area (Å²) in [6.45, 7) is 0. The zero-order chi connectivity index (χ0) is 22.9. The monoisotopic (exact) mass is 445 g/mol. The van der Waals surface area contributed by atoms with Crippen molar-refractivity contribution in [3.8, 4) is 5.75 Å². The van der Waals surface area contributed by atoms with Gasteiger partial charge in [0, 0.05) is 30.1 Å². The number of carbonyl (C=O) groups excluding carboxylic acids is 1. The molecule has 7 N–H and O–H groups in total. The lowest BCUT2D eigenvalue weighted by Gasteiger charge is -2.26. The van der Waals surface area contributed by atoms with E-state index >= 15 is 0 Å². The number of halogens is 2. The lowest BCUT2D eigenvalue weighted by molar-refractivity contribution is -0.130. The summed E-state index contributed by atoms with van der Waals surface area (Å²) < 4.78 is 33.5. The molecule has 0 saturated heterocycles. The fourth-order valence-corrected chi connectivity index (χ4v) is 3.55. The summed E-state index contributed by atoms with van der Waals surface area (Å²) >= 11 is 0. The molecule has 0 aromatic carbocycles. The zero-order valence-electron chi connectivity index (χ0n) is 17.2. The van der Waals surface area contributed by atoms with E-state index in [9.17, 15) is 18.7 Å². The van der Waals surface area contributed by atoms with Crippen LogP contribution in [0.5, 0.6) is 5.75 Å². The molecule has 0 spiro atoms. The largest absolute Gasteiger partial charge is 0.481 e. The highest BCUT2D eigenvalue weighted by molar-refractivity contribution is 5.87. The number of aliphatic hydroxyl groups is 1. The Bertz CT molecular complexity index is 1020. The van der Waals surface area contributed by atoms with E-state index in [-0.39, 0.29) is 29.4 Å². The first-order valence-corrected chi connectivity index (χ1v) is 10.3. The van der Waals surface area contributed by atoms with Gasteiger partial charge in [0.05, 0.1) is 5.41 Å². The third-order valence-corrected chi connectivity index (χ3v) is 5.74. The second kappa shape index (κ2) is 8.62. The van der Waals surface area contributed by atoms with Crippen LogP contribution in [0.2, 0.25) is 0 Å². The third-order valence-electron chi connectivity index (χ3n) is 5.74. The van der Waals surface area contributed by atoms with Crippen molar-refractivity contribution >= 4 is 17.4 Å². The number of pyridine rings is 1. The minimum absolute atomic E-state index is 0.0899. The summed E-state index contributed by atoms with van der Waals surface area (Å²) in [7, 11) is 0. The fourth-order valence-electron chi connectivity index (χ4n) is 3.55. The Morgan fingerprint density at radius 1 is 1.25 bits per heavy atom. The average molecular weight is 445 g/mol. The smallest absolute Gasteiger partial charge is 0.235 e. The summed E-state index contributed by atoms with van der Waals surface area (Å²) in [6, 6.07) is 1.49. The molecule has 3 aliphatic carbocycles. The molecule has 1 amide bonds. The molecule has 1 aromatic rings. The number of nitrogens with zero attached hydrogens (tertiary/aromatic N) is 1. The summed E-state index contributed by atoms with van der Waals surface area (Å²) in [6.07, 6.45) is 6.65. The van der Waals surface area contributed by atoms with Crippen LogP contribution in [-0.2, 0) is 4.79 Å². The van der Waals surface area contributed by atoms with Gasteiger partial charge in [-0.05, 0) is 43.2 Å². The number of anilines is 2. The molecule has 4 rings (SSSR count). The average Bonchev–Trinajstić information content (AvgIpc) is 3.57. The third kappa shape index (κ3) is 4.45. The Labute approximate surface area is 183 Å². The molecule has 1 heterocycles. The molecule has 10 heteroatoms. The maximum Gasteiger partial charge on any atom is 0.235 e. The number of carbonyl (C=O) groups is 1. The van der Waals surface area contributed by atoms with E-state index in [4.69, 9.17) is 16.2 Å². The van der Waals surface area contributed by atoms with Crippen LogP contribution in [0.1, 0.15) is 19.3 Å². The van der Waals surface area contributed by atoms with Crippen LogP contribution >= 0.6 is 0 Å². The number of nitrogens with one attached hydrogen (secondary N) is 2. The van der Waals surface area contributed by atoms with Crippen molar-refractivity contribution in [2.75, 3.05) is 11.5 Å². The van der Waals surface area contributed by atoms with Gasteiger partial charge in [-0.15, -0.1) is 0 Å². The maximum atomic E-state index is 14.7. The summed E-state index contributed by atoms with van der Waals surface area (Å²) in [5.74, 6) is -0.117. The van der Waals surface area contributed by atoms with Crippen molar-refractivity contribution in [3.63, 3.8) is 0 Å². The second-order valence-electron chi connectivity index (χ2n) is 8.04. The van der Waals surface area contributed by atoms with Gasteiger partial charge in [0.1, 0.15) is 29.7 Å². The molecule has 1 aromatic heterocycles. The molecule has 4 unspecified atom stereocenters. The first-order chi connectivity index (χ1) is 15.3. The molecule has 1 saturated carbocycles. The summed E-state index contributed by atoms with van der Waals surface area (Å²) in [4.78, 5) is 16.6. The van der Waals surface area contributed by atoms with Gasteiger partial charge in [0.2, 0.25) is 5.91 Å². The molecule has 0 bridgehead atoms. The second-order valence-corrected chi connectivity index (χ2v) is 8.04. The Balaban J connectivity index is 1.36. The van der Waals surface area contributed by atoms with E-state index in [1.54, 1.807) is 6.08 Å². The van der Waals surface area contributed by atoms with Gasteiger partial charge in [-0.1, -0.05) is 6.08 Å². The topological polar surface area (TPSA) is 136 Å². The van der Waals surface area contributed by atoms with Crippen molar-refractivity contribution in [1.29, 1.82) is 0 Å². The quantitative estimate of drug-likeness (QED) is 0.404. The number of aliphatic hydroxyl groups excluding tert-OH is 1. The van der Waals surface area contributed by atoms with Crippen LogP contribution in [-0.4, -0.2) is 40.7 Å². The molecule has 32 heavy (non-hydrogen) atoms. The molecule has 4 atom stereocenters. The molecule has 1 fully saturated rings. The number of nitrogen functional groups attached to an aromatic ring is 2. The Kier molecular flexibility index (Phi) is 5.88. The summed E-state index contributed by atoms with van der Waals surface area (Å²) in [5.41, 5.74) is 11.4. The zero-order valence-corrected chi connectivity index (χ0v) is 17.2. The number of nitrogens with two attached hydrogens (primary N) is 2. The van der Waals surface area contributed by atoms with Gasteiger partial charge < -0.3 is 31.9 Å². The Morgan fingerprint density at radius 2 is 2.00 bits per heavy atom. The number of hydrogen-bond acceptors (Lipinski definition) is 7. The van der Waals surface area contributed by atoms with Crippen LogP contribution in [0, 0.1) is 5.41 Å². The highest BCUT2D eigenvalue weighted by Gasteiger charge is 2.56. The fraction of sp³-hybridized carbons (Fsp3) is 0.364. The lowest BCUT2D eigenvalue weighted by Crippen LogP contribution is -2.46. The van der Waals surface area contributed by atoms with Crippen LogP contribution < -0.4 is 26.8 Å². The Hall–Kier alpha value is -3.40. The van der Waals surface area contributed by atoms with Gasteiger partial charge in [0.25, 0.3) is 0 Å². The van der Waals surface area contributed by atoms with E-state index < -0.39 is 36.0 Å². The minimum atomic E-state index is -1.55. The van der Waals surface area contributed by atoms with Crippen LogP contribution in [0.25, 0.3) is 0 Å². The number of aromatic nitrogens is 1. The van der Waals surface area contributed by atoms with Crippen LogP contribution in [0.15, 0.2) is 60.1 Å². The van der Waals surface area contributed by atoms with Gasteiger partial charge >= 0.3 is 0 Å². The van der Waals surface area contributed by atoms with Gasteiger partial charge in [-0.2, -0.15) is 0 Å². The van der Waals surface area contributed by atoms with Crippen molar-refractivity contribution in [3.05, 3.63) is 60.1 Å². The van der Waals surface area contributed by atoms with E-state index in [2.05, 4.69) is 15.6 Å². The number of hydrogen-bond donors (Lipinski definition) is 5. The van der Waals surface area contributed by atoms with Gasteiger partial charge in [-0.25, -0.2) is 13.8 Å². The normalized spacial score (nSPS) is 26.5. The molecular weight excluding hydrogens is 420 g/mol. The Morgan fingerprint density at radius 3 is 2.66 bits per heavy atom. The van der Waals surface area contributed by atoms with Crippen molar-refractivity contribution in [2.45, 2.75) is 43.9 Å². The number of allylic oxidation sites excluding steroid dienone is 4. The van der Waals surface area contributed by atoms with E-state index in [0.717, 1.165) is 0 Å². The molecule has 0 radical (unpaired) electrons. The molecule has 0 aliphatic heterocycles. The SMILES string of the molecule is Nc1nccc(OC2C=CC(NC(=O)C3(C(O)NC4=CCC(F)C=C4)CC3)=CC2F)c1N. The van der Waals surface area contributed by atoms with Crippen LogP contribution in [0.4, 0.5) is 20.3 Å².